The van der Waals surface area contributed by atoms with Gasteiger partial charge in [-0.1, -0.05) is 115 Å². The fourth-order valence-corrected chi connectivity index (χ4v) is 6.69. The number of nitrogens with zero attached hydrogens (tertiary/aromatic N) is 2. The minimum absolute atomic E-state index is 0.770. The molecule has 0 aromatic heterocycles. The zero-order valence-electron chi connectivity index (χ0n) is 30.3. The number of para-hydroxylation sites is 2. The normalized spacial score (nSPS) is 10.8. The first-order valence-electron chi connectivity index (χ1n) is 18.1. The van der Waals surface area contributed by atoms with Crippen molar-refractivity contribution in [2.75, 3.05) is 16.9 Å². The highest BCUT2D eigenvalue weighted by molar-refractivity contribution is 5.81. The molecule has 0 fully saturated rings. The van der Waals surface area contributed by atoms with Gasteiger partial charge in [-0.05, 0) is 114 Å². The third-order valence-corrected chi connectivity index (χ3v) is 9.48. The smallest absolute Gasteiger partial charge is 0.129 e. The number of aryl methyl sites for hydroxylation is 1. The van der Waals surface area contributed by atoms with Crippen LogP contribution in [0.15, 0.2) is 206 Å². The maximum Gasteiger partial charge on any atom is 0.129 e. The molecule has 0 N–H and O–H groups in total. The number of ether oxygens (including phenoxy) is 2. The third-order valence-electron chi connectivity index (χ3n) is 9.48. The molecule has 0 amide bonds. The average molecular weight is 701 g/mol. The Hall–Kier alpha value is -7.04. The zero-order chi connectivity index (χ0) is 36.7. The Morgan fingerprint density at radius 3 is 1.15 bits per heavy atom. The second-order valence-corrected chi connectivity index (χ2v) is 13.1. The highest BCUT2D eigenvalue weighted by Gasteiger charge is 2.16. The summed E-state index contributed by atoms with van der Waals surface area (Å²) in [5.41, 5.74) is 12.2. The van der Waals surface area contributed by atoms with Gasteiger partial charge in [-0.15, -0.1) is 0 Å². The summed E-state index contributed by atoms with van der Waals surface area (Å²) >= 11 is 0. The van der Waals surface area contributed by atoms with Crippen molar-refractivity contribution < 1.29 is 9.47 Å². The standard InChI is InChI=1S/C50H40N2O2/c1-37-19-21-38(22-20-37)41-27-33-48(34-28-41)54-50-18-10-16-47(36-50)52(43-13-7-4-8-14-43)45-31-25-40(26-32-45)39-23-29-44(30-24-39)51(42-11-5-3-6-12-42)46-15-9-17-49(35-46)53-2/h3-36H,1-2H3. The van der Waals surface area contributed by atoms with E-state index in [9.17, 15) is 0 Å². The zero-order valence-corrected chi connectivity index (χ0v) is 30.3. The molecule has 0 aliphatic heterocycles. The molecular weight excluding hydrogens is 661 g/mol. The molecule has 4 heteroatoms. The molecule has 0 radical (unpaired) electrons. The summed E-state index contributed by atoms with van der Waals surface area (Å²) in [6, 6.07) is 71.6. The van der Waals surface area contributed by atoms with Crippen molar-refractivity contribution in [2.24, 2.45) is 0 Å². The molecule has 0 atom stereocenters. The minimum atomic E-state index is 0.770. The second kappa shape index (κ2) is 15.7. The van der Waals surface area contributed by atoms with E-state index < -0.39 is 0 Å². The van der Waals surface area contributed by atoms with Gasteiger partial charge in [-0.3, -0.25) is 0 Å². The molecule has 0 aliphatic rings. The fourth-order valence-electron chi connectivity index (χ4n) is 6.69. The highest BCUT2D eigenvalue weighted by Crippen LogP contribution is 2.40. The number of methoxy groups -OCH3 is 1. The Bertz CT molecular complexity index is 2430. The molecule has 8 rings (SSSR count). The molecule has 262 valence electrons. The van der Waals surface area contributed by atoms with E-state index in [0.717, 1.165) is 68.1 Å². The van der Waals surface area contributed by atoms with Gasteiger partial charge in [-0.2, -0.15) is 0 Å². The third kappa shape index (κ3) is 7.59. The summed E-state index contributed by atoms with van der Waals surface area (Å²) in [7, 11) is 1.70. The Balaban J connectivity index is 1.05. The Labute approximate surface area is 317 Å². The van der Waals surface area contributed by atoms with E-state index in [2.05, 4.69) is 174 Å². The molecule has 0 heterocycles. The first-order chi connectivity index (χ1) is 26.6. The summed E-state index contributed by atoms with van der Waals surface area (Å²) in [6.45, 7) is 2.10. The fraction of sp³-hybridized carbons (Fsp3) is 0.0400. The molecule has 0 saturated heterocycles. The lowest BCUT2D eigenvalue weighted by Crippen LogP contribution is -2.10. The Kier molecular flexibility index (Phi) is 9.90. The van der Waals surface area contributed by atoms with E-state index in [4.69, 9.17) is 9.47 Å². The second-order valence-electron chi connectivity index (χ2n) is 13.1. The predicted molar refractivity (Wildman–Crippen MR) is 224 cm³/mol. The molecule has 54 heavy (non-hydrogen) atoms. The van der Waals surface area contributed by atoms with Gasteiger partial charge < -0.3 is 19.3 Å². The first-order valence-corrected chi connectivity index (χ1v) is 18.1. The number of hydrogen-bond donors (Lipinski definition) is 0. The van der Waals surface area contributed by atoms with Crippen LogP contribution < -0.4 is 19.3 Å². The van der Waals surface area contributed by atoms with E-state index in [1.54, 1.807) is 7.11 Å². The van der Waals surface area contributed by atoms with Gasteiger partial charge >= 0.3 is 0 Å². The van der Waals surface area contributed by atoms with E-state index >= 15 is 0 Å². The van der Waals surface area contributed by atoms with Crippen molar-refractivity contribution in [1.82, 2.24) is 0 Å². The van der Waals surface area contributed by atoms with Gasteiger partial charge in [0.2, 0.25) is 0 Å². The van der Waals surface area contributed by atoms with Crippen molar-refractivity contribution in [2.45, 2.75) is 6.92 Å². The number of anilines is 6. The van der Waals surface area contributed by atoms with E-state index in [1.165, 1.54) is 11.1 Å². The van der Waals surface area contributed by atoms with Crippen LogP contribution in [0.25, 0.3) is 22.3 Å². The molecule has 0 spiro atoms. The molecule has 0 saturated carbocycles. The highest BCUT2D eigenvalue weighted by atomic mass is 16.5. The van der Waals surface area contributed by atoms with E-state index in [1.807, 2.05) is 48.5 Å². The summed E-state index contributed by atoms with van der Waals surface area (Å²) in [6.07, 6.45) is 0. The van der Waals surface area contributed by atoms with Crippen LogP contribution >= 0.6 is 0 Å². The summed E-state index contributed by atoms with van der Waals surface area (Å²) in [4.78, 5) is 4.50. The lowest BCUT2D eigenvalue weighted by Gasteiger charge is -2.26. The van der Waals surface area contributed by atoms with Crippen LogP contribution in [0.3, 0.4) is 0 Å². The van der Waals surface area contributed by atoms with Crippen molar-refractivity contribution in [3.63, 3.8) is 0 Å². The van der Waals surface area contributed by atoms with Gasteiger partial charge in [-0.25, -0.2) is 0 Å². The van der Waals surface area contributed by atoms with Crippen LogP contribution in [0, 0.1) is 6.92 Å². The van der Waals surface area contributed by atoms with E-state index in [-0.39, 0.29) is 0 Å². The number of rotatable bonds is 11. The topological polar surface area (TPSA) is 24.9 Å². The van der Waals surface area contributed by atoms with Crippen molar-refractivity contribution in [1.29, 1.82) is 0 Å². The van der Waals surface area contributed by atoms with Gasteiger partial charge in [0.15, 0.2) is 0 Å². The maximum atomic E-state index is 6.39. The van der Waals surface area contributed by atoms with Gasteiger partial charge in [0, 0.05) is 46.3 Å². The van der Waals surface area contributed by atoms with Gasteiger partial charge in [0.25, 0.3) is 0 Å². The van der Waals surface area contributed by atoms with Crippen LogP contribution in [0.1, 0.15) is 5.56 Å². The molecule has 4 nitrogen and oxygen atoms in total. The van der Waals surface area contributed by atoms with E-state index in [0.29, 0.717) is 0 Å². The molecule has 8 aromatic rings. The Morgan fingerprint density at radius 1 is 0.315 bits per heavy atom. The summed E-state index contributed by atoms with van der Waals surface area (Å²) in [5.74, 6) is 2.38. The largest absolute Gasteiger partial charge is 0.497 e. The molecule has 0 bridgehead atoms. The van der Waals surface area contributed by atoms with Crippen molar-refractivity contribution >= 4 is 34.1 Å². The van der Waals surface area contributed by atoms with Crippen LogP contribution in [0.5, 0.6) is 17.2 Å². The molecular formula is C50H40N2O2. The molecule has 0 unspecified atom stereocenters. The van der Waals surface area contributed by atoms with Crippen LogP contribution in [-0.4, -0.2) is 7.11 Å². The van der Waals surface area contributed by atoms with Crippen LogP contribution in [0.2, 0.25) is 0 Å². The van der Waals surface area contributed by atoms with Crippen molar-refractivity contribution in [3.8, 4) is 39.5 Å². The monoisotopic (exact) mass is 700 g/mol. The maximum absolute atomic E-state index is 6.39. The lowest BCUT2D eigenvalue weighted by atomic mass is 10.0. The number of hydrogen-bond acceptors (Lipinski definition) is 4. The molecule has 8 aromatic carbocycles. The summed E-state index contributed by atoms with van der Waals surface area (Å²) < 4.78 is 11.9. The first kappa shape index (κ1) is 34.1. The van der Waals surface area contributed by atoms with Gasteiger partial charge in [0.1, 0.15) is 17.2 Å². The van der Waals surface area contributed by atoms with Gasteiger partial charge in [0.05, 0.1) is 7.11 Å². The Morgan fingerprint density at radius 2 is 0.685 bits per heavy atom. The summed E-state index contributed by atoms with van der Waals surface area (Å²) in [5, 5.41) is 0. The predicted octanol–water partition coefficient (Wildman–Crippen LogP) is 14.1. The van der Waals surface area contributed by atoms with Crippen LogP contribution in [-0.2, 0) is 0 Å². The van der Waals surface area contributed by atoms with Crippen molar-refractivity contribution in [3.05, 3.63) is 212 Å². The molecule has 0 aliphatic carbocycles. The number of benzene rings is 8. The lowest BCUT2D eigenvalue weighted by molar-refractivity contribution is 0.415. The minimum Gasteiger partial charge on any atom is -0.497 e. The van der Waals surface area contributed by atoms with Crippen LogP contribution in [0.4, 0.5) is 34.1 Å². The SMILES string of the molecule is COc1cccc(N(c2ccccc2)c2ccc(-c3ccc(N(c4ccccc4)c4cccc(Oc5ccc(-c6ccc(C)cc6)cc5)c4)cc3)cc2)c1. The quantitative estimate of drug-likeness (QED) is 0.134. The average Bonchev–Trinajstić information content (AvgIpc) is 3.23.